The molecule has 6 nitrogen and oxygen atoms in total. The van der Waals surface area contributed by atoms with E-state index in [1.165, 1.54) is 13.2 Å². The second-order valence-electron chi connectivity index (χ2n) is 4.23. The van der Waals surface area contributed by atoms with Gasteiger partial charge in [-0.15, -0.1) is 0 Å². The molecule has 0 radical (unpaired) electrons. The van der Waals surface area contributed by atoms with Gasteiger partial charge in [-0.05, 0) is 24.3 Å². The van der Waals surface area contributed by atoms with E-state index in [4.69, 9.17) is 15.2 Å². The first-order chi connectivity index (χ1) is 10.1. The smallest absolute Gasteiger partial charge is 0.262 e. The molecule has 2 rings (SSSR count). The minimum Gasteiger partial charge on any atom is -0.506 e. The van der Waals surface area contributed by atoms with Crippen LogP contribution < -0.4 is 20.5 Å². The summed E-state index contributed by atoms with van der Waals surface area (Å²) < 4.78 is 10.4. The van der Waals surface area contributed by atoms with Gasteiger partial charge in [0.1, 0.15) is 22.9 Å². The molecule has 2 aromatic rings. The molecular formula is C15H16N2O4. The van der Waals surface area contributed by atoms with Crippen molar-refractivity contribution in [2.45, 2.75) is 0 Å². The van der Waals surface area contributed by atoms with Crippen LogP contribution in [0.4, 0.5) is 11.4 Å². The Morgan fingerprint density at radius 2 is 1.90 bits per heavy atom. The zero-order valence-electron chi connectivity index (χ0n) is 11.5. The van der Waals surface area contributed by atoms with E-state index < -0.39 is 0 Å². The lowest BCUT2D eigenvalue weighted by molar-refractivity contribution is -0.118. The zero-order valence-corrected chi connectivity index (χ0v) is 11.5. The Kier molecular flexibility index (Phi) is 4.50. The number of nitrogens with one attached hydrogen (secondary N) is 1. The molecule has 0 heterocycles. The summed E-state index contributed by atoms with van der Waals surface area (Å²) in [5, 5.41) is 12.1. The number of carbonyl (C=O) groups excluding carboxylic acids is 1. The minimum atomic E-state index is -0.359. The molecule has 0 aliphatic heterocycles. The summed E-state index contributed by atoms with van der Waals surface area (Å²) in [6, 6.07) is 11.6. The normalized spacial score (nSPS) is 9.95. The second kappa shape index (κ2) is 6.51. The van der Waals surface area contributed by atoms with Crippen molar-refractivity contribution < 1.29 is 19.4 Å². The number of amides is 1. The Morgan fingerprint density at radius 1 is 1.19 bits per heavy atom. The molecule has 110 valence electrons. The number of methoxy groups -OCH3 is 1. The van der Waals surface area contributed by atoms with Gasteiger partial charge in [-0.1, -0.05) is 18.2 Å². The van der Waals surface area contributed by atoms with E-state index in [9.17, 15) is 9.90 Å². The van der Waals surface area contributed by atoms with Crippen molar-refractivity contribution >= 4 is 17.3 Å². The van der Waals surface area contributed by atoms with Gasteiger partial charge in [-0.2, -0.15) is 0 Å². The molecule has 1 amide bonds. The highest BCUT2D eigenvalue weighted by molar-refractivity contribution is 5.93. The Balaban J connectivity index is 1.98. The standard InChI is InChI=1S/C15H16N2O4/c1-20-12-7-3-2-5-10(12)17-14(19)9-21-13-8-4-6-11(18)15(13)16/h2-8,18H,9,16H2,1H3,(H,17,19). The third-order valence-corrected chi connectivity index (χ3v) is 2.78. The van der Waals surface area contributed by atoms with Crippen LogP contribution in [0.3, 0.4) is 0 Å². The van der Waals surface area contributed by atoms with Crippen LogP contribution in [0, 0.1) is 0 Å². The van der Waals surface area contributed by atoms with Gasteiger partial charge in [-0.25, -0.2) is 0 Å². The van der Waals surface area contributed by atoms with Gasteiger partial charge in [0.15, 0.2) is 6.61 Å². The number of benzene rings is 2. The molecule has 0 saturated heterocycles. The van der Waals surface area contributed by atoms with Crippen LogP contribution in [0.5, 0.6) is 17.2 Å². The van der Waals surface area contributed by atoms with E-state index in [0.29, 0.717) is 11.4 Å². The molecule has 0 aromatic heterocycles. The van der Waals surface area contributed by atoms with Crippen molar-refractivity contribution in [3.63, 3.8) is 0 Å². The van der Waals surface area contributed by atoms with E-state index in [1.54, 1.807) is 36.4 Å². The topological polar surface area (TPSA) is 93.8 Å². The van der Waals surface area contributed by atoms with E-state index in [-0.39, 0.29) is 29.7 Å². The molecule has 0 bridgehead atoms. The maximum absolute atomic E-state index is 11.9. The van der Waals surface area contributed by atoms with Crippen LogP contribution in [0.25, 0.3) is 0 Å². The molecule has 0 aliphatic carbocycles. The molecular weight excluding hydrogens is 272 g/mol. The largest absolute Gasteiger partial charge is 0.506 e. The van der Waals surface area contributed by atoms with Gasteiger partial charge >= 0.3 is 0 Å². The maximum Gasteiger partial charge on any atom is 0.262 e. The second-order valence-corrected chi connectivity index (χ2v) is 4.23. The van der Waals surface area contributed by atoms with Crippen molar-refractivity contribution in [1.82, 2.24) is 0 Å². The lowest BCUT2D eigenvalue weighted by atomic mass is 10.3. The number of phenolic OH excluding ortho intramolecular Hbond substituents is 1. The van der Waals surface area contributed by atoms with Crippen molar-refractivity contribution in [2.24, 2.45) is 0 Å². The number of phenols is 1. The predicted molar refractivity (Wildman–Crippen MR) is 79.6 cm³/mol. The first kappa shape index (κ1) is 14.5. The fraction of sp³-hybridized carbons (Fsp3) is 0.133. The van der Waals surface area contributed by atoms with Gasteiger partial charge in [0.05, 0.1) is 12.8 Å². The number of carbonyl (C=O) groups is 1. The van der Waals surface area contributed by atoms with Crippen LogP contribution in [-0.2, 0) is 4.79 Å². The molecule has 0 aliphatic rings. The molecule has 0 saturated carbocycles. The van der Waals surface area contributed by atoms with Crippen molar-refractivity contribution in [2.75, 3.05) is 24.8 Å². The van der Waals surface area contributed by atoms with Gasteiger partial charge in [0.25, 0.3) is 5.91 Å². The van der Waals surface area contributed by atoms with Crippen molar-refractivity contribution in [3.8, 4) is 17.2 Å². The quantitative estimate of drug-likeness (QED) is 0.578. The van der Waals surface area contributed by atoms with Crippen molar-refractivity contribution in [3.05, 3.63) is 42.5 Å². The minimum absolute atomic E-state index is 0.0855. The fourth-order valence-corrected chi connectivity index (χ4v) is 1.74. The molecule has 6 heteroatoms. The Morgan fingerprint density at radius 3 is 2.67 bits per heavy atom. The number of nitrogens with two attached hydrogens (primary N) is 1. The molecule has 2 aromatic carbocycles. The highest BCUT2D eigenvalue weighted by Gasteiger charge is 2.10. The lowest BCUT2D eigenvalue weighted by Gasteiger charge is -2.11. The summed E-state index contributed by atoms with van der Waals surface area (Å²) >= 11 is 0. The summed E-state index contributed by atoms with van der Waals surface area (Å²) in [5.74, 6) is 0.368. The summed E-state index contributed by atoms with van der Waals surface area (Å²) in [4.78, 5) is 11.9. The van der Waals surface area contributed by atoms with Crippen LogP contribution in [0.15, 0.2) is 42.5 Å². The number of rotatable bonds is 5. The molecule has 0 spiro atoms. The van der Waals surface area contributed by atoms with Crippen LogP contribution >= 0.6 is 0 Å². The molecule has 0 unspecified atom stereocenters. The van der Waals surface area contributed by atoms with E-state index >= 15 is 0 Å². The third kappa shape index (κ3) is 3.56. The summed E-state index contributed by atoms with van der Waals surface area (Å²) in [6.07, 6.45) is 0. The first-order valence-electron chi connectivity index (χ1n) is 6.25. The Labute approximate surface area is 122 Å². The average Bonchev–Trinajstić information content (AvgIpc) is 2.49. The Bertz CT molecular complexity index is 643. The Hall–Kier alpha value is -2.89. The number of para-hydroxylation sites is 3. The van der Waals surface area contributed by atoms with Gasteiger partial charge in [-0.3, -0.25) is 4.79 Å². The van der Waals surface area contributed by atoms with Gasteiger partial charge in [0, 0.05) is 0 Å². The number of hydrogen-bond donors (Lipinski definition) is 3. The monoisotopic (exact) mass is 288 g/mol. The number of anilines is 2. The summed E-state index contributed by atoms with van der Waals surface area (Å²) in [5.41, 5.74) is 6.29. The fourth-order valence-electron chi connectivity index (χ4n) is 1.74. The van der Waals surface area contributed by atoms with Crippen LogP contribution in [0.1, 0.15) is 0 Å². The average molecular weight is 288 g/mol. The SMILES string of the molecule is COc1ccccc1NC(=O)COc1cccc(O)c1N. The van der Waals surface area contributed by atoms with Crippen LogP contribution in [-0.4, -0.2) is 24.7 Å². The van der Waals surface area contributed by atoms with Gasteiger partial charge in [0.2, 0.25) is 0 Å². The number of ether oxygens (including phenoxy) is 2. The highest BCUT2D eigenvalue weighted by atomic mass is 16.5. The lowest BCUT2D eigenvalue weighted by Crippen LogP contribution is -2.20. The number of nitrogen functional groups attached to an aromatic ring is 1. The predicted octanol–water partition coefficient (Wildman–Crippen LogP) is 2.00. The first-order valence-corrected chi connectivity index (χ1v) is 6.25. The molecule has 21 heavy (non-hydrogen) atoms. The maximum atomic E-state index is 11.9. The summed E-state index contributed by atoms with van der Waals surface area (Å²) in [7, 11) is 1.52. The number of hydrogen-bond acceptors (Lipinski definition) is 5. The van der Waals surface area contributed by atoms with E-state index in [1.807, 2.05) is 0 Å². The highest BCUT2D eigenvalue weighted by Crippen LogP contribution is 2.30. The molecule has 0 fully saturated rings. The molecule has 4 N–H and O–H groups in total. The van der Waals surface area contributed by atoms with E-state index in [0.717, 1.165) is 0 Å². The zero-order chi connectivity index (χ0) is 15.2. The number of aromatic hydroxyl groups is 1. The van der Waals surface area contributed by atoms with Gasteiger partial charge < -0.3 is 25.6 Å². The van der Waals surface area contributed by atoms with E-state index in [2.05, 4.69) is 5.32 Å². The third-order valence-electron chi connectivity index (χ3n) is 2.78. The van der Waals surface area contributed by atoms with Crippen molar-refractivity contribution in [1.29, 1.82) is 0 Å². The van der Waals surface area contributed by atoms with Crippen LogP contribution in [0.2, 0.25) is 0 Å². The summed E-state index contributed by atoms with van der Waals surface area (Å²) in [6.45, 7) is -0.230. The molecule has 0 atom stereocenters.